The Morgan fingerprint density at radius 2 is 1.74 bits per heavy atom. The van der Waals surface area contributed by atoms with Crippen molar-refractivity contribution in [2.45, 2.75) is 32.9 Å². The van der Waals surface area contributed by atoms with Gasteiger partial charge in [0.2, 0.25) is 5.96 Å². The molecular weight excluding hydrogens is 470 g/mol. The van der Waals surface area contributed by atoms with Gasteiger partial charge in [0.1, 0.15) is 5.60 Å². The van der Waals surface area contributed by atoms with Crippen LogP contribution in [0.2, 0.25) is 5.02 Å². The van der Waals surface area contributed by atoms with Crippen LogP contribution < -0.4 is 4.90 Å². The topological polar surface area (TPSA) is 84.3 Å². The van der Waals surface area contributed by atoms with E-state index in [4.69, 9.17) is 16.3 Å². The van der Waals surface area contributed by atoms with Crippen molar-refractivity contribution in [2.75, 3.05) is 58.3 Å². The van der Waals surface area contributed by atoms with Crippen LogP contribution in [0.25, 0.3) is 0 Å². The lowest BCUT2D eigenvalue weighted by Gasteiger charge is -2.60. The summed E-state index contributed by atoms with van der Waals surface area (Å²) in [4.78, 5) is 34.5. The second-order valence-corrected chi connectivity index (χ2v) is 11.2. The number of amides is 3. The molecule has 1 aromatic carbocycles. The summed E-state index contributed by atoms with van der Waals surface area (Å²) in [5, 5.41) is 8.86. The number of halogens is 1. The summed E-state index contributed by atoms with van der Waals surface area (Å²) in [5.41, 5.74) is 1.40. The highest BCUT2D eigenvalue weighted by molar-refractivity contribution is 6.30. The minimum atomic E-state index is -0.508. The maximum atomic E-state index is 12.7. The summed E-state index contributed by atoms with van der Waals surface area (Å²) in [7, 11) is 3.49. The molecule has 35 heavy (non-hydrogen) atoms. The van der Waals surface area contributed by atoms with Crippen LogP contribution in [0, 0.1) is 5.41 Å². The molecule has 0 aromatic heterocycles. The quantitative estimate of drug-likeness (QED) is 0.334. The predicted molar refractivity (Wildman–Crippen MR) is 137 cm³/mol. The molecule has 190 valence electrons. The second kappa shape index (κ2) is 9.22. The Balaban J connectivity index is 1.50. The van der Waals surface area contributed by atoms with Crippen LogP contribution in [-0.4, -0.2) is 103 Å². The molecule has 2 fully saturated rings. The number of fused-ring (bicyclic) bond motifs is 1. The number of hydrogen-bond donors (Lipinski definition) is 0. The molecule has 0 aliphatic carbocycles. The number of rotatable bonds is 1. The van der Waals surface area contributed by atoms with E-state index < -0.39 is 5.60 Å². The van der Waals surface area contributed by atoms with Crippen molar-refractivity contribution in [1.82, 2.24) is 19.6 Å². The van der Waals surface area contributed by atoms with Crippen molar-refractivity contribution >= 4 is 42.1 Å². The number of guanidine groups is 1. The Kier molecular flexibility index (Phi) is 6.61. The van der Waals surface area contributed by atoms with Gasteiger partial charge in [0.05, 0.1) is 0 Å². The largest absolute Gasteiger partial charge is 0.444 e. The van der Waals surface area contributed by atoms with Gasteiger partial charge >= 0.3 is 12.1 Å². The summed E-state index contributed by atoms with van der Waals surface area (Å²) >= 11 is 6.31. The van der Waals surface area contributed by atoms with Crippen molar-refractivity contribution in [3.05, 3.63) is 28.8 Å². The number of ether oxygens (including phenoxy) is 1. The molecule has 0 radical (unpaired) electrons. The van der Waals surface area contributed by atoms with Gasteiger partial charge in [-0.1, -0.05) is 11.6 Å². The SMILES string of the molecule is C=N/N=C(/N1CC2(CN(C(=O)OC(C)(C)C)C2)C1)N1CCN(C(=O)N(C)C)Cc2cc(Cl)ccc21. The van der Waals surface area contributed by atoms with Crippen LogP contribution >= 0.6 is 11.6 Å². The van der Waals surface area contributed by atoms with Gasteiger partial charge < -0.3 is 29.2 Å². The summed E-state index contributed by atoms with van der Waals surface area (Å²) < 4.78 is 5.49. The van der Waals surface area contributed by atoms with Gasteiger partial charge in [-0.15, -0.1) is 5.10 Å². The fourth-order valence-electron chi connectivity index (χ4n) is 4.90. The van der Waals surface area contributed by atoms with E-state index in [-0.39, 0.29) is 17.5 Å². The molecule has 0 saturated carbocycles. The fourth-order valence-corrected chi connectivity index (χ4v) is 5.09. The first kappa shape index (κ1) is 25.1. The number of benzene rings is 1. The zero-order valence-corrected chi connectivity index (χ0v) is 21.9. The van der Waals surface area contributed by atoms with E-state index in [0.29, 0.717) is 43.7 Å². The molecule has 0 bridgehead atoms. The normalized spacial score (nSPS) is 19.4. The highest BCUT2D eigenvalue weighted by Crippen LogP contribution is 2.41. The van der Waals surface area contributed by atoms with E-state index in [1.807, 2.05) is 39.0 Å². The zero-order chi connectivity index (χ0) is 25.5. The highest BCUT2D eigenvalue weighted by Gasteiger charge is 2.55. The third-order valence-electron chi connectivity index (χ3n) is 6.38. The van der Waals surface area contributed by atoms with Crippen LogP contribution in [-0.2, 0) is 11.3 Å². The van der Waals surface area contributed by atoms with Gasteiger partial charge in [0, 0.05) is 82.8 Å². The first-order valence-corrected chi connectivity index (χ1v) is 12.1. The lowest BCUT2D eigenvalue weighted by molar-refractivity contribution is -0.0892. The number of hydrogen-bond acceptors (Lipinski definition) is 5. The highest BCUT2D eigenvalue weighted by atomic mass is 35.5. The smallest absolute Gasteiger partial charge is 0.410 e. The lowest BCUT2D eigenvalue weighted by atomic mass is 9.73. The molecule has 2 saturated heterocycles. The third-order valence-corrected chi connectivity index (χ3v) is 6.62. The molecule has 3 heterocycles. The van der Waals surface area contributed by atoms with Gasteiger partial charge in [0.15, 0.2) is 0 Å². The van der Waals surface area contributed by atoms with Gasteiger partial charge in [-0.05, 0) is 44.5 Å². The lowest BCUT2D eigenvalue weighted by Crippen LogP contribution is -2.75. The molecule has 1 spiro atoms. The molecule has 4 rings (SSSR count). The number of likely N-dealkylation sites (tertiary alicyclic amines) is 2. The average Bonchev–Trinajstić information content (AvgIpc) is 2.88. The number of urea groups is 1. The number of carbonyl (C=O) groups excluding carboxylic acids is 2. The van der Waals surface area contributed by atoms with Gasteiger partial charge in [-0.25, -0.2) is 9.59 Å². The first-order chi connectivity index (χ1) is 16.4. The van der Waals surface area contributed by atoms with E-state index in [1.165, 1.54) is 0 Å². The first-order valence-electron chi connectivity index (χ1n) is 11.7. The molecule has 3 aliphatic rings. The van der Waals surface area contributed by atoms with E-state index in [9.17, 15) is 9.59 Å². The summed E-state index contributed by atoms with van der Waals surface area (Å²) in [5.74, 6) is 0.684. The maximum Gasteiger partial charge on any atom is 0.410 e. The van der Waals surface area contributed by atoms with Crippen molar-refractivity contribution in [3.8, 4) is 0 Å². The Morgan fingerprint density at radius 3 is 2.34 bits per heavy atom. The van der Waals surface area contributed by atoms with E-state index in [1.54, 1.807) is 28.8 Å². The van der Waals surface area contributed by atoms with E-state index in [2.05, 4.69) is 26.7 Å². The molecule has 3 aliphatic heterocycles. The monoisotopic (exact) mass is 503 g/mol. The van der Waals surface area contributed by atoms with Crippen molar-refractivity contribution in [2.24, 2.45) is 15.6 Å². The second-order valence-electron chi connectivity index (χ2n) is 10.8. The number of carbonyl (C=O) groups is 2. The molecule has 3 amide bonds. The maximum absolute atomic E-state index is 12.7. The van der Waals surface area contributed by atoms with Crippen molar-refractivity contribution < 1.29 is 14.3 Å². The molecule has 1 aromatic rings. The third kappa shape index (κ3) is 5.17. The van der Waals surface area contributed by atoms with Crippen LogP contribution in [0.1, 0.15) is 26.3 Å². The van der Waals surface area contributed by atoms with Gasteiger partial charge in [0.25, 0.3) is 0 Å². The molecule has 0 unspecified atom stereocenters. The summed E-state index contributed by atoms with van der Waals surface area (Å²) in [6.45, 7) is 13.5. The van der Waals surface area contributed by atoms with Gasteiger partial charge in [-0.2, -0.15) is 5.10 Å². The molecular formula is C24H34ClN7O3. The molecule has 10 nitrogen and oxygen atoms in total. The molecule has 11 heteroatoms. The van der Waals surface area contributed by atoms with Crippen LogP contribution in [0.3, 0.4) is 0 Å². The van der Waals surface area contributed by atoms with Crippen molar-refractivity contribution in [3.63, 3.8) is 0 Å². The summed E-state index contributed by atoms with van der Waals surface area (Å²) in [6, 6.07) is 5.64. The summed E-state index contributed by atoms with van der Waals surface area (Å²) in [6.07, 6.45) is -0.271. The Bertz CT molecular complexity index is 1040. The van der Waals surface area contributed by atoms with Crippen molar-refractivity contribution in [1.29, 1.82) is 0 Å². The Labute approximate surface area is 211 Å². The zero-order valence-electron chi connectivity index (χ0n) is 21.1. The van der Waals surface area contributed by atoms with Crippen LogP contribution in [0.5, 0.6) is 0 Å². The predicted octanol–water partition coefficient (Wildman–Crippen LogP) is 3.17. The average molecular weight is 504 g/mol. The number of anilines is 1. The fraction of sp³-hybridized carbons (Fsp3) is 0.583. The standard InChI is InChI=1S/C24H34ClN7O3/c1-23(2,3)35-22(34)31-15-24(16-31)13-30(14-24)20(27-26-4)32-10-9-29(21(33)28(5)6)12-17-11-18(25)7-8-19(17)32/h7-8,11H,4,9-10,12-16H2,1-3,5-6H3/b27-20-. The minimum Gasteiger partial charge on any atom is -0.444 e. The Morgan fingerprint density at radius 1 is 1.09 bits per heavy atom. The molecule has 0 atom stereocenters. The van der Waals surface area contributed by atoms with E-state index >= 15 is 0 Å². The van der Waals surface area contributed by atoms with E-state index in [0.717, 1.165) is 24.3 Å². The van der Waals surface area contributed by atoms with Gasteiger partial charge in [-0.3, -0.25) is 0 Å². The molecule has 0 N–H and O–H groups in total. The van der Waals surface area contributed by atoms with Crippen LogP contribution in [0.4, 0.5) is 15.3 Å². The number of nitrogens with zero attached hydrogens (tertiary/aromatic N) is 7. The minimum absolute atomic E-state index is 0.0282. The van der Waals surface area contributed by atoms with Crippen LogP contribution in [0.15, 0.2) is 28.4 Å². The Hall–Kier alpha value is -3.01.